The Morgan fingerprint density at radius 2 is 2.19 bits per heavy atom. The maximum absolute atomic E-state index is 12.5. The van der Waals surface area contributed by atoms with Gasteiger partial charge in [-0.3, -0.25) is 4.79 Å². The molecule has 1 amide bonds. The normalized spacial score (nSPS) is 22.8. The van der Waals surface area contributed by atoms with Crippen molar-refractivity contribution in [1.29, 1.82) is 0 Å². The molecule has 0 aromatic carbocycles. The summed E-state index contributed by atoms with van der Waals surface area (Å²) in [6.07, 6.45) is 8.66. The number of rotatable bonds is 4. The fourth-order valence-electron chi connectivity index (χ4n) is 3.61. The van der Waals surface area contributed by atoms with Crippen molar-refractivity contribution in [2.24, 2.45) is 0 Å². The molecule has 4 rings (SSSR count). The average Bonchev–Trinajstić information content (AvgIpc) is 3.34. The molecule has 0 bridgehead atoms. The first kappa shape index (κ1) is 16.5. The number of aliphatic hydroxyl groups excluding tert-OH is 1. The van der Waals surface area contributed by atoms with E-state index < -0.39 is 6.10 Å². The second kappa shape index (κ2) is 6.37. The number of anilines is 1. The molecule has 136 valence electrons. The van der Waals surface area contributed by atoms with E-state index >= 15 is 0 Å². The number of aromatic nitrogens is 6. The van der Waals surface area contributed by atoms with E-state index in [4.69, 9.17) is 5.73 Å². The standard InChI is InChI=1S/C16H20N8O2/c1-22(12(25)6-23-5-4-18-8-23)10-2-3-11(14(10)26)24-9-21-13-15(17)19-7-20-16(13)24/h4-5,7-11,14,26H,2-3,6H2,1H3,(H2,17,19,20)/t10-,11+,14+/m1/s1. The molecule has 3 atom stereocenters. The molecule has 0 radical (unpaired) electrons. The number of imidazole rings is 2. The molecular weight excluding hydrogens is 336 g/mol. The van der Waals surface area contributed by atoms with Gasteiger partial charge in [0.05, 0.1) is 30.8 Å². The number of likely N-dealkylation sites (N-methyl/N-ethyl adjacent to an activating group) is 1. The quantitative estimate of drug-likeness (QED) is 0.664. The first-order valence-corrected chi connectivity index (χ1v) is 8.38. The third-order valence-corrected chi connectivity index (χ3v) is 5.06. The number of carbonyl (C=O) groups is 1. The third-order valence-electron chi connectivity index (χ3n) is 5.06. The van der Waals surface area contributed by atoms with Gasteiger partial charge in [0, 0.05) is 19.4 Å². The minimum atomic E-state index is -0.722. The second-order valence-electron chi connectivity index (χ2n) is 6.53. The van der Waals surface area contributed by atoms with Crippen molar-refractivity contribution in [1.82, 2.24) is 34.0 Å². The second-order valence-corrected chi connectivity index (χ2v) is 6.53. The Morgan fingerprint density at radius 1 is 1.35 bits per heavy atom. The number of hydrogen-bond acceptors (Lipinski definition) is 7. The fourth-order valence-corrected chi connectivity index (χ4v) is 3.61. The van der Waals surface area contributed by atoms with Gasteiger partial charge in [0.1, 0.15) is 18.4 Å². The lowest BCUT2D eigenvalue weighted by Gasteiger charge is -2.29. The van der Waals surface area contributed by atoms with Crippen molar-refractivity contribution >= 4 is 22.9 Å². The van der Waals surface area contributed by atoms with Crippen molar-refractivity contribution in [3.05, 3.63) is 31.4 Å². The highest BCUT2D eigenvalue weighted by Crippen LogP contribution is 2.35. The third kappa shape index (κ3) is 2.68. The molecule has 3 N–H and O–H groups in total. The Morgan fingerprint density at radius 3 is 2.96 bits per heavy atom. The molecule has 1 saturated carbocycles. The minimum Gasteiger partial charge on any atom is -0.389 e. The van der Waals surface area contributed by atoms with E-state index in [-0.39, 0.29) is 24.5 Å². The first-order valence-electron chi connectivity index (χ1n) is 8.38. The zero-order chi connectivity index (χ0) is 18.3. The lowest BCUT2D eigenvalue weighted by molar-refractivity contribution is -0.134. The monoisotopic (exact) mass is 356 g/mol. The van der Waals surface area contributed by atoms with E-state index in [2.05, 4.69) is 19.9 Å². The first-order chi connectivity index (χ1) is 12.6. The molecule has 1 fully saturated rings. The summed E-state index contributed by atoms with van der Waals surface area (Å²) in [6, 6.07) is -0.490. The van der Waals surface area contributed by atoms with Crippen LogP contribution in [0.5, 0.6) is 0 Å². The summed E-state index contributed by atoms with van der Waals surface area (Å²) in [7, 11) is 1.72. The summed E-state index contributed by atoms with van der Waals surface area (Å²) in [5.41, 5.74) is 6.95. The van der Waals surface area contributed by atoms with Crippen molar-refractivity contribution in [2.75, 3.05) is 12.8 Å². The van der Waals surface area contributed by atoms with Gasteiger partial charge in [-0.15, -0.1) is 0 Å². The molecule has 3 aromatic rings. The molecule has 0 aliphatic heterocycles. The van der Waals surface area contributed by atoms with Crippen LogP contribution in [0.15, 0.2) is 31.4 Å². The van der Waals surface area contributed by atoms with Gasteiger partial charge in [0.2, 0.25) is 5.91 Å². The zero-order valence-electron chi connectivity index (χ0n) is 14.3. The Kier molecular flexibility index (Phi) is 4.03. The fraction of sp³-hybridized carbons (Fsp3) is 0.438. The summed E-state index contributed by atoms with van der Waals surface area (Å²) in [5, 5.41) is 10.9. The van der Waals surface area contributed by atoms with E-state index in [1.165, 1.54) is 6.33 Å². The highest BCUT2D eigenvalue weighted by Gasteiger charge is 2.40. The van der Waals surface area contributed by atoms with Crippen LogP contribution in [0, 0.1) is 0 Å². The molecule has 10 nitrogen and oxygen atoms in total. The van der Waals surface area contributed by atoms with Crippen LogP contribution >= 0.6 is 0 Å². The van der Waals surface area contributed by atoms with Crippen LogP contribution in [0.25, 0.3) is 11.2 Å². The van der Waals surface area contributed by atoms with E-state index in [9.17, 15) is 9.90 Å². The van der Waals surface area contributed by atoms with E-state index in [0.717, 1.165) is 0 Å². The number of amides is 1. The van der Waals surface area contributed by atoms with Gasteiger partial charge in [-0.25, -0.2) is 19.9 Å². The lowest BCUT2D eigenvalue weighted by atomic mass is 10.1. The Bertz CT molecular complexity index is 922. The van der Waals surface area contributed by atoms with E-state index in [1.54, 1.807) is 41.6 Å². The topological polar surface area (TPSA) is 128 Å². The van der Waals surface area contributed by atoms with Crippen molar-refractivity contribution in [2.45, 2.75) is 37.6 Å². The predicted octanol–water partition coefficient (Wildman–Crippen LogP) is -0.172. The van der Waals surface area contributed by atoms with Crippen LogP contribution < -0.4 is 5.73 Å². The Balaban J connectivity index is 1.53. The molecule has 10 heteroatoms. The van der Waals surface area contributed by atoms with Crippen molar-refractivity contribution < 1.29 is 9.90 Å². The van der Waals surface area contributed by atoms with Crippen LogP contribution in [0.2, 0.25) is 0 Å². The number of nitrogens with zero attached hydrogens (tertiary/aromatic N) is 7. The van der Waals surface area contributed by atoms with E-state index in [1.807, 2.05) is 4.57 Å². The highest BCUT2D eigenvalue weighted by atomic mass is 16.3. The van der Waals surface area contributed by atoms with E-state index in [0.29, 0.717) is 29.8 Å². The molecule has 0 spiro atoms. The molecule has 1 aliphatic carbocycles. The molecule has 3 heterocycles. The SMILES string of the molecule is CN(C(=O)Cn1ccnc1)[C@@H]1CC[C@H](n2cnc3c(N)ncnc32)[C@H]1O. The van der Waals surface area contributed by atoms with Gasteiger partial charge in [0.15, 0.2) is 11.5 Å². The maximum atomic E-state index is 12.5. The van der Waals surface area contributed by atoms with Gasteiger partial charge >= 0.3 is 0 Å². The maximum Gasteiger partial charge on any atom is 0.242 e. The molecule has 26 heavy (non-hydrogen) atoms. The van der Waals surface area contributed by atoms with Crippen LogP contribution in [0.4, 0.5) is 5.82 Å². The summed E-state index contributed by atoms with van der Waals surface area (Å²) in [4.78, 5) is 30.5. The lowest BCUT2D eigenvalue weighted by Crippen LogP contribution is -2.44. The van der Waals surface area contributed by atoms with Gasteiger partial charge in [0.25, 0.3) is 0 Å². The molecule has 0 saturated heterocycles. The molecule has 3 aromatic heterocycles. The van der Waals surface area contributed by atoms with Crippen LogP contribution in [-0.2, 0) is 11.3 Å². The Hall–Kier alpha value is -3.01. The zero-order valence-corrected chi connectivity index (χ0v) is 14.3. The van der Waals surface area contributed by atoms with Crippen molar-refractivity contribution in [3.63, 3.8) is 0 Å². The van der Waals surface area contributed by atoms with Crippen molar-refractivity contribution in [3.8, 4) is 0 Å². The number of hydrogen-bond donors (Lipinski definition) is 2. The van der Waals surface area contributed by atoms with Gasteiger partial charge in [-0.05, 0) is 12.8 Å². The number of nitrogen functional groups attached to an aromatic ring is 1. The van der Waals surface area contributed by atoms with Gasteiger partial charge < -0.3 is 24.9 Å². The summed E-state index contributed by atoms with van der Waals surface area (Å²) < 4.78 is 3.53. The minimum absolute atomic E-state index is 0.0743. The Labute approximate surface area is 149 Å². The molecular formula is C16H20N8O2. The number of nitrogens with two attached hydrogens (primary N) is 1. The summed E-state index contributed by atoms with van der Waals surface area (Å²) in [6.45, 7) is 0.197. The number of carbonyl (C=O) groups excluding carboxylic acids is 1. The van der Waals surface area contributed by atoms with Crippen LogP contribution in [0.3, 0.4) is 0 Å². The predicted molar refractivity (Wildman–Crippen MR) is 92.8 cm³/mol. The highest BCUT2D eigenvalue weighted by molar-refractivity contribution is 5.81. The summed E-state index contributed by atoms with van der Waals surface area (Å²) in [5.74, 6) is 0.236. The smallest absolute Gasteiger partial charge is 0.242 e. The van der Waals surface area contributed by atoms with Gasteiger partial charge in [-0.2, -0.15) is 0 Å². The van der Waals surface area contributed by atoms with Crippen LogP contribution in [-0.4, -0.2) is 64.2 Å². The number of fused-ring (bicyclic) bond motifs is 1. The molecule has 1 aliphatic rings. The van der Waals surface area contributed by atoms with Crippen LogP contribution in [0.1, 0.15) is 18.9 Å². The van der Waals surface area contributed by atoms with Gasteiger partial charge in [-0.1, -0.05) is 0 Å². The molecule has 0 unspecified atom stereocenters. The summed E-state index contributed by atoms with van der Waals surface area (Å²) >= 11 is 0. The largest absolute Gasteiger partial charge is 0.389 e. The number of aliphatic hydroxyl groups is 1. The average molecular weight is 356 g/mol.